The molecule has 0 bridgehead atoms. The summed E-state index contributed by atoms with van der Waals surface area (Å²) in [5.41, 5.74) is 0. The lowest BCUT2D eigenvalue weighted by molar-refractivity contribution is -0.145. The molecule has 0 aliphatic carbocycles. The van der Waals surface area contributed by atoms with E-state index in [0.717, 1.165) is 10.6 Å². The third-order valence-corrected chi connectivity index (χ3v) is 6.06. The van der Waals surface area contributed by atoms with Crippen molar-refractivity contribution < 1.29 is 26.7 Å². The fourth-order valence-corrected chi connectivity index (χ4v) is 3.96. The first kappa shape index (κ1) is 14.9. The van der Waals surface area contributed by atoms with Crippen LogP contribution in [0.5, 0.6) is 0 Å². The van der Waals surface area contributed by atoms with Crippen LogP contribution in [0.25, 0.3) is 0 Å². The highest BCUT2D eigenvalue weighted by molar-refractivity contribution is 7.90. The van der Waals surface area contributed by atoms with Crippen molar-refractivity contribution in [1.82, 2.24) is 4.31 Å². The average molecular weight is 319 g/mol. The molecule has 1 N–H and O–H groups in total. The predicted octanol–water partition coefficient (Wildman–Crippen LogP) is -0.205. The van der Waals surface area contributed by atoms with Crippen LogP contribution in [-0.2, 0) is 24.7 Å². The summed E-state index contributed by atoms with van der Waals surface area (Å²) in [6, 6.07) is 4.85. The lowest BCUT2D eigenvalue weighted by atomic mass is 10.0. The second kappa shape index (κ2) is 4.83. The van der Waals surface area contributed by atoms with Crippen LogP contribution in [0.2, 0.25) is 0 Å². The molecule has 2 rings (SSSR count). The van der Waals surface area contributed by atoms with Crippen molar-refractivity contribution >= 4 is 25.8 Å². The minimum absolute atomic E-state index is 0.0310. The SMILES string of the molecule is CS(=O)(=O)c1ccc(S(=O)(=O)N2CC(C(=O)O)C2)cc1. The summed E-state index contributed by atoms with van der Waals surface area (Å²) in [6.45, 7) is -0.128. The molecule has 0 amide bonds. The zero-order chi connectivity index (χ0) is 15.1. The Hall–Kier alpha value is -1.45. The Morgan fingerprint density at radius 2 is 1.55 bits per heavy atom. The Kier molecular flexibility index (Phi) is 3.61. The molecule has 20 heavy (non-hydrogen) atoms. The number of aliphatic carboxylic acids is 1. The van der Waals surface area contributed by atoms with Gasteiger partial charge in [0.15, 0.2) is 9.84 Å². The first-order valence-corrected chi connectivity index (χ1v) is 8.98. The number of carboxylic acids is 1. The fourth-order valence-electron chi connectivity index (χ4n) is 1.80. The predicted molar refractivity (Wildman–Crippen MR) is 69.4 cm³/mol. The van der Waals surface area contributed by atoms with E-state index in [-0.39, 0.29) is 22.9 Å². The van der Waals surface area contributed by atoms with Gasteiger partial charge in [-0.1, -0.05) is 0 Å². The topological polar surface area (TPSA) is 109 Å². The molecule has 0 unspecified atom stereocenters. The summed E-state index contributed by atoms with van der Waals surface area (Å²) in [5, 5.41) is 8.73. The van der Waals surface area contributed by atoms with Gasteiger partial charge in [0.1, 0.15) is 0 Å². The summed E-state index contributed by atoms with van der Waals surface area (Å²) in [4.78, 5) is 10.6. The number of rotatable bonds is 4. The minimum Gasteiger partial charge on any atom is -0.481 e. The van der Waals surface area contributed by atoms with Crippen molar-refractivity contribution in [3.63, 3.8) is 0 Å². The number of carbonyl (C=O) groups is 1. The van der Waals surface area contributed by atoms with Crippen LogP contribution < -0.4 is 0 Å². The molecular formula is C11H13NO6S2. The highest BCUT2D eigenvalue weighted by Gasteiger charge is 2.40. The van der Waals surface area contributed by atoms with Gasteiger partial charge in [-0.05, 0) is 24.3 Å². The summed E-state index contributed by atoms with van der Waals surface area (Å²) in [6.07, 6.45) is 1.03. The smallest absolute Gasteiger partial charge is 0.309 e. The first-order valence-electron chi connectivity index (χ1n) is 5.65. The summed E-state index contributed by atoms with van der Waals surface area (Å²) < 4.78 is 47.9. The van der Waals surface area contributed by atoms with Crippen molar-refractivity contribution in [2.24, 2.45) is 5.92 Å². The summed E-state index contributed by atoms with van der Waals surface area (Å²) in [5.74, 6) is -1.70. The quantitative estimate of drug-likeness (QED) is 0.823. The van der Waals surface area contributed by atoms with Gasteiger partial charge < -0.3 is 5.11 Å². The maximum Gasteiger partial charge on any atom is 0.309 e. The van der Waals surface area contributed by atoms with Crippen LogP contribution in [0.15, 0.2) is 34.1 Å². The lowest BCUT2D eigenvalue weighted by Crippen LogP contribution is -2.52. The van der Waals surface area contributed by atoms with Gasteiger partial charge in [-0.25, -0.2) is 16.8 Å². The van der Waals surface area contributed by atoms with Gasteiger partial charge in [0.25, 0.3) is 0 Å². The van der Waals surface area contributed by atoms with E-state index in [1.165, 1.54) is 24.3 Å². The van der Waals surface area contributed by atoms with Crippen LogP contribution in [0.1, 0.15) is 0 Å². The number of hydrogen-bond donors (Lipinski definition) is 1. The Balaban J connectivity index is 2.22. The highest BCUT2D eigenvalue weighted by Crippen LogP contribution is 2.25. The molecular weight excluding hydrogens is 306 g/mol. The Morgan fingerprint density at radius 3 is 1.95 bits per heavy atom. The van der Waals surface area contributed by atoms with E-state index in [1.54, 1.807) is 0 Å². The minimum atomic E-state index is -3.76. The number of carboxylic acid groups (broad SMARTS) is 1. The molecule has 7 nitrogen and oxygen atoms in total. The van der Waals surface area contributed by atoms with Crippen LogP contribution in [0.4, 0.5) is 0 Å². The number of benzene rings is 1. The van der Waals surface area contributed by atoms with Crippen LogP contribution in [0.3, 0.4) is 0 Å². The molecule has 0 saturated carbocycles. The third-order valence-electron chi connectivity index (χ3n) is 3.09. The molecule has 0 radical (unpaired) electrons. The van der Waals surface area contributed by atoms with Crippen molar-refractivity contribution in [3.05, 3.63) is 24.3 Å². The number of sulfonamides is 1. The molecule has 0 atom stereocenters. The zero-order valence-corrected chi connectivity index (χ0v) is 12.2. The summed E-state index contributed by atoms with van der Waals surface area (Å²) >= 11 is 0. The van der Waals surface area contributed by atoms with E-state index < -0.39 is 31.7 Å². The Bertz CT molecular complexity index is 730. The summed E-state index contributed by atoms with van der Waals surface area (Å²) in [7, 11) is -7.14. The van der Waals surface area contributed by atoms with Crippen LogP contribution in [-0.4, -0.2) is 51.6 Å². The van der Waals surface area contributed by atoms with E-state index in [4.69, 9.17) is 5.11 Å². The first-order chi connectivity index (χ1) is 9.12. The number of nitrogens with zero attached hydrogens (tertiary/aromatic N) is 1. The van der Waals surface area contributed by atoms with E-state index in [2.05, 4.69) is 0 Å². The second-order valence-electron chi connectivity index (χ2n) is 4.60. The van der Waals surface area contributed by atoms with Gasteiger partial charge >= 0.3 is 5.97 Å². The van der Waals surface area contributed by atoms with E-state index in [9.17, 15) is 21.6 Å². The molecule has 1 aliphatic heterocycles. The van der Waals surface area contributed by atoms with Gasteiger partial charge in [-0.2, -0.15) is 4.31 Å². The lowest BCUT2D eigenvalue weighted by Gasteiger charge is -2.35. The van der Waals surface area contributed by atoms with Gasteiger partial charge in [0.2, 0.25) is 10.0 Å². The third kappa shape index (κ3) is 2.69. The zero-order valence-electron chi connectivity index (χ0n) is 10.6. The van der Waals surface area contributed by atoms with E-state index in [1.807, 2.05) is 0 Å². The monoisotopic (exact) mass is 319 g/mol. The van der Waals surface area contributed by atoms with E-state index >= 15 is 0 Å². The van der Waals surface area contributed by atoms with Gasteiger partial charge in [-0.15, -0.1) is 0 Å². The molecule has 9 heteroatoms. The molecule has 110 valence electrons. The fraction of sp³-hybridized carbons (Fsp3) is 0.364. The van der Waals surface area contributed by atoms with Crippen LogP contribution in [0, 0.1) is 5.92 Å². The molecule has 1 aromatic rings. The largest absolute Gasteiger partial charge is 0.481 e. The molecule has 1 aromatic carbocycles. The van der Waals surface area contributed by atoms with Crippen LogP contribution >= 0.6 is 0 Å². The standard InChI is InChI=1S/C11H13NO6S2/c1-19(15,16)9-2-4-10(5-3-9)20(17,18)12-6-8(7-12)11(13)14/h2-5,8H,6-7H2,1H3,(H,13,14). The molecule has 0 aromatic heterocycles. The van der Waals surface area contributed by atoms with Gasteiger partial charge in [-0.3, -0.25) is 4.79 Å². The maximum absolute atomic E-state index is 12.1. The molecule has 1 aliphatic rings. The average Bonchev–Trinajstić information content (AvgIpc) is 2.25. The van der Waals surface area contributed by atoms with Crippen molar-refractivity contribution in [2.45, 2.75) is 9.79 Å². The van der Waals surface area contributed by atoms with E-state index in [0.29, 0.717) is 0 Å². The van der Waals surface area contributed by atoms with Gasteiger partial charge in [0, 0.05) is 19.3 Å². The number of hydrogen-bond acceptors (Lipinski definition) is 5. The normalized spacial score (nSPS) is 17.6. The van der Waals surface area contributed by atoms with Gasteiger partial charge in [0.05, 0.1) is 15.7 Å². The Labute approximate surface area is 116 Å². The highest BCUT2D eigenvalue weighted by atomic mass is 32.2. The number of sulfone groups is 1. The molecule has 1 fully saturated rings. The Morgan fingerprint density at radius 1 is 1.10 bits per heavy atom. The van der Waals surface area contributed by atoms with Crippen molar-refractivity contribution in [3.8, 4) is 0 Å². The van der Waals surface area contributed by atoms with Crippen molar-refractivity contribution in [1.29, 1.82) is 0 Å². The maximum atomic E-state index is 12.1. The molecule has 1 saturated heterocycles. The molecule has 1 heterocycles. The van der Waals surface area contributed by atoms with Crippen molar-refractivity contribution in [2.75, 3.05) is 19.3 Å². The molecule has 0 spiro atoms. The second-order valence-corrected chi connectivity index (χ2v) is 8.55.